The molecule has 19 heavy (non-hydrogen) atoms. The molecule has 0 aliphatic carbocycles. The monoisotopic (exact) mass is 252 g/mol. The Morgan fingerprint density at radius 2 is 1.95 bits per heavy atom. The number of carbonyl (C=O) groups excluding carboxylic acids is 1. The summed E-state index contributed by atoms with van der Waals surface area (Å²) in [5, 5.41) is 0. The van der Waals surface area contributed by atoms with Crippen molar-refractivity contribution in [2.24, 2.45) is 0 Å². The van der Waals surface area contributed by atoms with Gasteiger partial charge in [-0.2, -0.15) is 0 Å². The number of imidazole rings is 1. The molecular weight excluding hydrogens is 240 g/mol. The number of rotatable bonds is 3. The molecule has 0 aliphatic rings. The molecule has 0 fully saturated rings. The lowest BCUT2D eigenvalue weighted by Crippen LogP contribution is -2.09. The first kappa shape index (κ1) is 11.5. The van der Waals surface area contributed by atoms with E-state index in [-0.39, 0.29) is 5.91 Å². The summed E-state index contributed by atoms with van der Waals surface area (Å²) in [6.45, 7) is 0. The van der Waals surface area contributed by atoms with Crippen LogP contribution in [-0.4, -0.2) is 25.4 Å². The van der Waals surface area contributed by atoms with Gasteiger partial charge in [-0.3, -0.25) is 19.3 Å². The fourth-order valence-electron chi connectivity index (χ4n) is 1.95. The van der Waals surface area contributed by atoms with E-state index in [1.807, 2.05) is 18.2 Å². The van der Waals surface area contributed by atoms with Gasteiger partial charge in [-0.15, -0.1) is 0 Å². The predicted molar refractivity (Wildman–Crippen MR) is 70.7 cm³/mol. The molecule has 0 N–H and O–H groups in total. The van der Waals surface area contributed by atoms with E-state index in [4.69, 9.17) is 0 Å². The van der Waals surface area contributed by atoms with Crippen LogP contribution in [0.4, 0.5) is 0 Å². The smallest absolute Gasteiger partial charge is 0.232 e. The minimum atomic E-state index is 0.0387. The van der Waals surface area contributed by atoms with Gasteiger partial charge in [0.15, 0.2) is 0 Å². The van der Waals surface area contributed by atoms with Crippen LogP contribution < -0.4 is 0 Å². The molecule has 0 atom stereocenters. The summed E-state index contributed by atoms with van der Waals surface area (Å²) in [7, 11) is 0. The number of benzene rings is 1. The molecule has 3 rings (SSSR count). The second kappa shape index (κ2) is 4.97. The fourth-order valence-corrected chi connectivity index (χ4v) is 1.95. The van der Waals surface area contributed by atoms with Gasteiger partial charge in [-0.25, -0.2) is 4.98 Å². The maximum absolute atomic E-state index is 11.8. The Morgan fingerprint density at radius 1 is 1.11 bits per heavy atom. The minimum absolute atomic E-state index is 0.0387. The van der Waals surface area contributed by atoms with Crippen LogP contribution in [0.2, 0.25) is 0 Å². The van der Waals surface area contributed by atoms with Crippen molar-refractivity contribution >= 4 is 16.9 Å². The first-order valence-electron chi connectivity index (χ1n) is 6.04. The van der Waals surface area contributed by atoms with Gasteiger partial charge in [-0.05, 0) is 24.1 Å². The number of aromatic nitrogens is 4. The van der Waals surface area contributed by atoms with Gasteiger partial charge in [0, 0.05) is 31.2 Å². The van der Waals surface area contributed by atoms with Crippen LogP contribution in [0.5, 0.6) is 0 Å². The number of carbonyl (C=O) groups is 1. The Morgan fingerprint density at radius 3 is 2.74 bits per heavy atom. The summed E-state index contributed by atoms with van der Waals surface area (Å²) in [4.78, 5) is 24.2. The van der Waals surface area contributed by atoms with Crippen molar-refractivity contribution in [2.45, 2.75) is 12.8 Å². The van der Waals surface area contributed by atoms with Gasteiger partial charge in [0.2, 0.25) is 5.91 Å². The van der Waals surface area contributed by atoms with Gasteiger partial charge >= 0.3 is 0 Å². The maximum atomic E-state index is 11.8. The Labute approximate surface area is 110 Å². The molecule has 0 bridgehead atoms. The summed E-state index contributed by atoms with van der Waals surface area (Å²) >= 11 is 0. The molecule has 0 amide bonds. The van der Waals surface area contributed by atoms with Gasteiger partial charge in [0.1, 0.15) is 6.33 Å². The Bertz CT molecular complexity index is 706. The van der Waals surface area contributed by atoms with Crippen LogP contribution in [0.15, 0.2) is 49.3 Å². The summed E-state index contributed by atoms with van der Waals surface area (Å²) in [5.74, 6) is 0.0387. The third-order valence-electron chi connectivity index (χ3n) is 2.95. The second-order valence-corrected chi connectivity index (χ2v) is 4.24. The van der Waals surface area contributed by atoms with E-state index in [2.05, 4.69) is 15.0 Å². The predicted octanol–water partition coefficient (Wildman–Crippen LogP) is 2.10. The molecule has 0 radical (unpaired) electrons. The van der Waals surface area contributed by atoms with Crippen LogP contribution in [0.1, 0.15) is 16.8 Å². The lowest BCUT2D eigenvalue weighted by molar-refractivity contribution is 0.0903. The minimum Gasteiger partial charge on any atom is -0.276 e. The van der Waals surface area contributed by atoms with Gasteiger partial charge in [0.05, 0.1) is 11.0 Å². The van der Waals surface area contributed by atoms with Crippen molar-refractivity contribution in [1.82, 2.24) is 19.5 Å². The molecule has 2 aromatic heterocycles. The van der Waals surface area contributed by atoms with Crippen LogP contribution in [0.25, 0.3) is 11.0 Å². The Balaban J connectivity index is 1.73. The molecule has 1 aromatic carbocycles. The van der Waals surface area contributed by atoms with Gasteiger partial charge < -0.3 is 0 Å². The lowest BCUT2D eigenvalue weighted by atomic mass is 10.1. The molecule has 3 aromatic rings. The largest absolute Gasteiger partial charge is 0.276 e. The van der Waals surface area contributed by atoms with Crippen LogP contribution in [-0.2, 0) is 6.42 Å². The van der Waals surface area contributed by atoms with Crippen molar-refractivity contribution in [1.29, 1.82) is 0 Å². The zero-order valence-electron chi connectivity index (χ0n) is 10.2. The number of nitrogens with zero attached hydrogens (tertiary/aromatic N) is 4. The lowest BCUT2D eigenvalue weighted by Gasteiger charge is -2.03. The molecule has 2 heterocycles. The van der Waals surface area contributed by atoms with Crippen LogP contribution >= 0.6 is 0 Å². The van der Waals surface area contributed by atoms with Crippen molar-refractivity contribution in [3.05, 3.63) is 54.9 Å². The molecule has 5 heteroatoms. The molecule has 0 spiro atoms. The zero-order valence-corrected chi connectivity index (χ0v) is 10.2. The fraction of sp³-hybridized carbons (Fsp3) is 0.143. The molecule has 0 unspecified atom stereocenters. The normalized spacial score (nSPS) is 10.7. The maximum Gasteiger partial charge on any atom is 0.232 e. The second-order valence-electron chi connectivity index (χ2n) is 4.24. The first-order chi connectivity index (χ1) is 9.33. The van der Waals surface area contributed by atoms with E-state index >= 15 is 0 Å². The van der Waals surface area contributed by atoms with E-state index in [0.29, 0.717) is 12.8 Å². The van der Waals surface area contributed by atoms with E-state index in [9.17, 15) is 4.79 Å². The van der Waals surface area contributed by atoms with E-state index in [0.717, 1.165) is 16.6 Å². The third kappa shape index (κ3) is 2.49. The van der Waals surface area contributed by atoms with Crippen molar-refractivity contribution in [3.63, 3.8) is 0 Å². The van der Waals surface area contributed by atoms with E-state index in [1.54, 1.807) is 24.8 Å². The summed E-state index contributed by atoms with van der Waals surface area (Å²) < 4.78 is 1.50. The number of aryl methyl sites for hydroxylation is 1. The molecule has 0 aliphatic heterocycles. The standard InChI is InChI=1S/C14H12N4O/c19-14(18-8-7-15-10-18)4-2-11-1-3-12-13(9-11)17-6-5-16-12/h1,3,5-10H,2,4H2. The molecular formula is C14H12N4O. The molecule has 5 nitrogen and oxygen atoms in total. The summed E-state index contributed by atoms with van der Waals surface area (Å²) in [5.41, 5.74) is 2.81. The zero-order chi connectivity index (χ0) is 13.1. The van der Waals surface area contributed by atoms with Crippen molar-refractivity contribution in [2.75, 3.05) is 0 Å². The Hall–Kier alpha value is -2.56. The highest BCUT2D eigenvalue weighted by Crippen LogP contribution is 2.12. The number of fused-ring (bicyclic) bond motifs is 1. The highest BCUT2D eigenvalue weighted by molar-refractivity contribution is 5.79. The van der Waals surface area contributed by atoms with Crippen LogP contribution in [0, 0.1) is 0 Å². The highest BCUT2D eigenvalue weighted by atomic mass is 16.2. The third-order valence-corrected chi connectivity index (χ3v) is 2.95. The first-order valence-corrected chi connectivity index (χ1v) is 6.04. The van der Waals surface area contributed by atoms with Gasteiger partial charge in [0.25, 0.3) is 0 Å². The van der Waals surface area contributed by atoms with Crippen molar-refractivity contribution < 1.29 is 4.79 Å². The molecule has 0 saturated heterocycles. The SMILES string of the molecule is O=C(CCc1ccc2nccnc2c1)n1ccnc1. The average molecular weight is 252 g/mol. The summed E-state index contributed by atoms with van der Waals surface area (Å²) in [6.07, 6.45) is 9.25. The molecule has 94 valence electrons. The van der Waals surface area contributed by atoms with E-state index in [1.165, 1.54) is 10.9 Å². The Kier molecular flexibility index (Phi) is 3.02. The molecule has 0 saturated carbocycles. The number of hydrogen-bond donors (Lipinski definition) is 0. The summed E-state index contributed by atoms with van der Waals surface area (Å²) in [6, 6.07) is 5.89. The van der Waals surface area contributed by atoms with Crippen LogP contribution in [0.3, 0.4) is 0 Å². The van der Waals surface area contributed by atoms with Crippen molar-refractivity contribution in [3.8, 4) is 0 Å². The number of hydrogen-bond acceptors (Lipinski definition) is 4. The quantitative estimate of drug-likeness (QED) is 0.716. The van der Waals surface area contributed by atoms with E-state index < -0.39 is 0 Å². The highest BCUT2D eigenvalue weighted by Gasteiger charge is 2.05. The topological polar surface area (TPSA) is 60.7 Å². The van der Waals surface area contributed by atoms with Gasteiger partial charge in [-0.1, -0.05) is 6.07 Å². The average Bonchev–Trinajstić information content (AvgIpc) is 2.99.